The summed E-state index contributed by atoms with van der Waals surface area (Å²) < 4.78 is 21.7. The van der Waals surface area contributed by atoms with Gasteiger partial charge in [-0.1, -0.05) is 6.07 Å². The zero-order chi connectivity index (χ0) is 23.5. The maximum Gasteiger partial charge on any atom is 0.351 e. The van der Waals surface area contributed by atoms with E-state index in [0.717, 1.165) is 0 Å². The number of furan rings is 1. The first kappa shape index (κ1) is 21.6. The average molecular weight is 448 g/mol. The SMILES string of the molecule is COc1cccc(OC)c1C(=O)Oc1ccc2c(O)c(C=C3C=CC(=[N+]([O-])[O-])C=C3)oc2c1. The number of rotatable bonds is 5. The fourth-order valence-corrected chi connectivity index (χ4v) is 3.30. The number of hydrogen-bond acceptors (Lipinski definition) is 8. The summed E-state index contributed by atoms with van der Waals surface area (Å²) in [6.07, 6.45) is 7.34. The van der Waals surface area contributed by atoms with Crippen LogP contribution < -0.4 is 14.2 Å². The summed E-state index contributed by atoms with van der Waals surface area (Å²) >= 11 is 0. The summed E-state index contributed by atoms with van der Waals surface area (Å²) in [4.78, 5) is 12.3. The zero-order valence-electron chi connectivity index (χ0n) is 17.6. The number of esters is 1. The van der Waals surface area contributed by atoms with Gasteiger partial charge >= 0.3 is 5.97 Å². The largest absolute Gasteiger partial charge is 0.612 e. The van der Waals surface area contributed by atoms with Crippen LogP contribution in [0.25, 0.3) is 17.0 Å². The van der Waals surface area contributed by atoms with Crippen molar-refractivity contribution in [2.75, 3.05) is 14.2 Å². The second-order valence-corrected chi connectivity index (χ2v) is 6.89. The molecule has 0 aliphatic heterocycles. The molecule has 0 bridgehead atoms. The summed E-state index contributed by atoms with van der Waals surface area (Å²) in [7, 11) is 2.87. The van der Waals surface area contributed by atoms with Crippen LogP contribution in [0.4, 0.5) is 0 Å². The molecule has 1 N–H and O–H groups in total. The van der Waals surface area contributed by atoms with E-state index in [2.05, 4.69) is 0 Å². The Morgan fingerprint density at radius 2 is 1.70 bits per heavy atom. The van der Waals surface area contributed by atoms with Gasteiger partial charge in [-0.05, 0) is 48.1 Å². The highest BCUT2D eigenvalue weighted by molar-refractivity contribution is 6.03. The Morgan fingerprint density at radius 1 is 1.03 bits per heavy atom. The molecule has 9 heteroatoms. The van der Waals surface area contributed by atoms with Crippen molar-refractivity contribution in [3.63, 3.8) is 0 Å². The smallest absolute Gasteiger partial charge is 0.351 e. The van der Waals surface area contributed by atoms with Crippen molar-refractivity contribution >= 4 is 28.7 Å². The van der Waals surface area contributed by atoms with Crippen LogP contribution in [0.2, 0.25) is 0 Å². The monoisotopic (exact) mass is 448 g/mol. The minimum Gasteiger partial charge on any atom is -0.612 e. The molecule has 1 aliphatic carbocycles. The van der Waals surface area contributed by atoms with Gasteiger partial charge in [0.25, 0.3) is 0 Å². The van der Waals surface area contributed by atoms with E-state index >= 15 is 0 Å². The quantitative estimate of drug-likeness (QED) is 0.264. The third kappa shape index (κ3) is 4.24. The lowest BCUT2D eigenvalue weighted by atomic mass is 10.1. The number of allylic oxidation sites excluding steroid dienone is 5. The van der Waals surface area contributed by atoms with E-state index in [0.29, 0.717) is 22.5 Å². The molecule has 1 heterocycles. The number of carbonyl (C=O) groups is 1. The number of benzene rings is 2. The molecule has 9 nitrogen and oxygen atoms in total. The molecule has 2 aromatic carbocycles. The van der Waals surface area contributed by atoms with Crippen LogP contribution in [0.1, 0.15) is 16.1 Å². The van der Waals surface area contributed by atoms with Crippen LogP contribution in [0, 0.1) is 10.4 Å². The normalized spacial score (nSPS) is 12.7. The standard InChI is InChI=1S/C24H18NO8/c1-30-18-4-3-5-19(31-2)22(18)24(27)32-16-10-11-17-20(13-16)33-21(23(17)26)12-14-6-8-15(9-7-14)25(28)29/h3-13H,1-2H3,(H-,26,28,29)/q-1. The lowest BCUT2D eigenvalue weighted by molar-refractivity contribution is -0.377. The molecular weight excluding hydrogens is 430 g/mol. The Morgan fingerprint density at radius 3 is 2.30 bits per heavy atom. The highest BCUT2D eigenvalue weighted by Gasteiger charge is 2.21. The van der Waals surface area contributed by atoms with Gasteiger partial charge in [-0.15, -0.1) is 0 Å². The van der Waals surface area contributed by atoms with Crippen molar-refractivity contribution in [3.8, 4) is 23.0 Å². The van der Waals surface area contributed by atoms with Crippen LogP contribution in [-0.2, 0) is 0 Å². The molecule has 0 saturated heterocycles. The number of carbonyl (C=O) groups excluding carboxylic acids is 1. The van der Waals surface area contributed by atoms with E-state index in [1.807, 2.05) is 0 Å². The Labute approximate surface area is 187 Å². The molecule has 0 spiro atoms. The van der Waals surface area contributed by atoms with Crippen molar-refractivity contribution < 1.29 is 33.4 Å². The van der Waals surface area contributed by atoms with Gasteiger partial charge in [-0.25, -0.2) is 4.79 Å². The van der Waals surface area contributed by atoms with Crippen molar-refractivity contribution in [2.45, 2.75) is 0 Å². The fourth-order valence-electron chi connectivity index (χ4n) is 3.30. The highest BCUT2D eigenvalue weighted by Crippen LogP contribution is 2.36. The summed E-state index contributed by atoms with van der Waals surface area (Å²) in [5, 5.41) is 32.5. The Hall–Kier alpha value is -4.66. The summed E-state index contributed by atoms with van der Waals surface area (Å²) in [5.74, 6) is 0.168. The van der Waals surface area contributed by atoms with Crippen LogP contribution in [0.3, 0.4) is 0 Å². The molecule has 0 atom stereocenters. The Bertz CT molecular complexity index is 1320. The lowest BCUT2D eigenvalue weighted by Gasteiger charge is -2.12. The van der Waals surface area contributed by atoms with Crippen molar-refractivity contribution in [3.05, 3.63) is 88.0 Å². The zero-order valence-corrected chi connectivity index (χ0v) is 17.6. The van der Waals surface area contributed by atoms with E-state index in [1.54, 1.807) is 42.5 Å². The minimum atomic E-state index is -0.683. The van der Waals surface area contributed by atoms with Gasteiger partial charge in [0.05, 0.1) is 19.6 Å². The van der Waals surface area contributed by atoms with Crippen LogP contribution in [0.15, 0.2) is 70.7 Å². The topological polar surface area (TPSA) is 127 Å². The van der Waals surface area contributed by atoms with Gasteiger partial charge < -0.3 is 34.1 Å². The second kappa shape index (κ2) is 8.83. The third-order valence-electron chi connectivity index (χ3n) is 4.91. The van der Waals surface area contributed by atoms with Crippen LogP contribution in [0.5, 0.6) is 23.0 Å². The predicted octanol–water partition coefficient (Wildman–Crippen LogP) is 4.33. The molecule has 4 rings (SSSR count). The third-order valence-corrected chi connectivity index (χ3v) is 4.91. The van der Waals surface area contributed by atoms with Crippen molar-refractivity contribution in [1.82, 2.24) is 0 Å². The summed E-state index contributed by atoms with van der Waals surface area (Å²) in [6, 6.07) is 9.48. The summed E-state index contributed by atoms with van der Waals surface area (Å²) in [5.41, 5.74) is 0.985. The average Bonchev–Trinajstić information content (AvgIpc) is 3.13. The minimum absolute atomic E-state index is 0.0425. The number of ether oxygens (including phenoxy) is 3. The van der Waals surface area contributed by atoms with E-state index in [9.17, 15) is 20.3 Å². The van der Waals surface area contributed by atoms with Gasteiger partial charge in [0.1, 0.15) is 28.4 Å². The predicted molar refractivity (Wildman–Crippen MR) is 121 cm³/mol. The molecule has 1 aromatic heterocycles. The maximum atomic E-state index is 12.8. The van der Waals surface area contributed by atoms with Crippen molar-refractivity contribution in [2.24, 2.45) is 0 Å². The van der Waals surface area contributed by atoms with Gasteiger partial charge in [0, 0.05) is 18.2 Å². The molecule has 33 heavy (non-hydrogen) atoms. The molecule has 0 unspecified atom stereocenters. The molecule has 0 amide bonds. The molecule has 0 fully saturated rings. The number of hydrogen-bond donors (Lipinski definition) is 1. The van der Waals surface area contributed by atoms with E-state index in [1.165, 1.54) is 38.5 Å². The lowest BCUT2D eigenvalue weighted by Crippen LogP contribution is -2.11. The number of fused-ring (bicyclic) bond motifs is 1. The fraction of sp³-hybridized carbons (Fsp3) is 0.0833. The van der Waals surface area contributed by atoms with Gasteiger partial charge in [-0.3, -0.25) is 0 Å². The molecule has 3 aromatic rings. The number of nitrogens with zero attached hydrogens (tertiary/aromatic N) is 1. The van der Waals surface area contributed by atoms with E-state index in [4.69, 9.17) is 18.6 Å². The Kier molecular flexibility index (Phi) is 5.77. The molecular formula is C24H18NO8-. The molecule has 0 radical (unpaired) electrons. The highest BCUT2D eigenvalue weighted by atomic mass is 16.8. The van der Waals surface area contributed by atoms with Crippen molar-refractivity contribution in [1.29, 1.82) is 0 Å². The first-order valence-electron chi connectivity index (χ1n) is 9.69. The Balaban J connectivity index is 1.62. The number of methoxy groups -OCH3 is 2. The van der Waals surface area contributed by atoms with Crippen LogP contribution in [-0.4, -0.2) is 35.9 Å². The summed E-state index contributed by atoms with van der Waals surface area (Å²) in [6.45, 7) is 0. The number of aromatic hydroxyl groups is 1. The van der Waals surface area contributed by atoms with Gasteiger partial charge in [0.15, 0.2) is 11.5 Å². The molecule has 0 saturated carbocycles. The van der Waals surface area contributed by atoms with Gasteiger partial charge in [0.2, 0.25) is 5.71 Å². The maximum absolute atomic E-state index is 12.8. The van der Waals surface area contributed by atoms with Gasteiger partial charge in [-0.2, -0.15) is 4.90 Å². The first-order valence-corrected chi connectivity index (χ1v) is 9.69. The second-order valence-electron chi connectivity index (χ2n) is 6.89. The molecule has 168 valence electrons. The van der Waals surface area contributed by atoms with E-state index in [-0.39, 0.29) is 34.1 Å². The molecule has 1 aliphatic rings. The van der Waals surface area contributed by atoms with Crippen LogP contribution >= 0.6 is 0 Å². The van der Waals surface area contributed by atoms with E-state index < -0.39 is 10.9 Å². The first-order chi connectivity index (χ1) is 15.9.